The first-order chi connectivity index (χ1) is 10.2. The van der Waals surface area contributed by atoms with Crippen LogP contribution < -0.4 is 10.1 Å². The van der Waals surface area contributed by atoms with Crippen LogP contribution in [0.5, 0.6) is 5.75 Å². The molecule has 0 unspecified atom stereocenters. The predicted molar refractivity (Wildman–Crippen MR) is 87.0 cm³/mol. The number of amides is 1. The van der Waals surface area contributed by atoms with Gasteiger partial charge in [-0.2, -0.15) is 0 Å². The SMILES string of the molecule is O=C(COc1ccccc1Br)Nc1nc2c(s1)CCCC2. The van der Waals surface area contributed by atoms with Crippen molar-refractivity contribution in [2.24, 2.45) is 0 Å². The topological polar surface area (TPSA) is 51.2 Å². The number of aryl methyl sites for hydroxylation is 2. The van der Waals surface area contributed by atoms with Gasteiger partial charge >= 0.3 is 0 Å². The lowest BCUT2D eigenvalue weighted by atomic mass is 10.0. The zero-order valence-electron chi connectivity index (χ0n) is 11.4. The van der Waals surface area contributed by atoms with Gasteiger partial charge in [0, 0.05) is 4.88 Å². The van der Waals surface area contributed by atoms with E-state index in [1.165, 1.54) is 17.7 Å². The third kappa shape index (κ3) is 3.63. The Labute approximate surface area is 135 Å². The average molecular weight is 367 g/mol. The van der Waals surface area contributed by atoms with Crippen molar-refractivity contribution < 1.29 is 9.53 Å². The monoisotopic (exact) mass is 366 g/mol. The van der Waals surface area contributed by atoms with Crippen molar-refractivity contribution >= 4 is 38.3 Å². The Morgan fingerprint density at radius 2 is 2.14 bits per heavy atom. The molecule has 0 atom stereocenters. The van der Waals surface area contributed by atoms with Gasteiger partial charge in [-0.1, -0.05) is 12.1 Å². The molecule has 0 fully saturated rings. The summed E-state index contributed by atoms with van der Waals surface area (Å²) in [6, 6.07) is 7.46. The van der Waals surface area contributed by atoms with Gasteiger partial charge in [-0.3, -0.25) is 10.1 Å². The molecular formula is C15H15BrN2O2S. The third-order valence-electron chi connectivity index (χ3n) is 3.29. The molecule has 21 heavy (non-hydrogen) atoms. The minimum Gasteiger partial charge on any atom is -0.483 e. The maximum absolute atomic E-state index is 11.9. The lowest BCUT2D eigenvalue weighted by Gasteiger charge is -2.07. The number of halogens is 1. The van der Waals surface area contributed by atoms with E-state index in [9.17, 15) is 4.79 Å². The minimum atomic E-state index is -0.183. The number of carbonyl (C=O) groups is 1. The number of fused-ring (bicyclic) bond motifs is 1. The Morgan fingerprint density at radius 3 is 2.95 bits per heavy atom. The van der Waals surface area contributed by atoms with Crippen LogP contribution in [0.25, 0.3) is 0 Å². The van der Waals surface area contributed by atoms with Gasteiger partial charge in [0.25, 0.3) is 5.91 Å². The molecule has 110 valence electrons. The standard InChI is InChI=1S/C15H15BrN2O2S/c16-10-5-1-3-7-12(10)20-9-14(19)18-15-17-11-6-2-4-8-13(11)21-15/h1,3,5,7H,2,4,6,8-9H2,(H,17,18,19). The average Bonchev–Trinajstić information content (AvgIpc) is 2.88. The van der Waals surface area contributed by atoms with E-state index in [1.54, 1.807) is 11.3 Å². The molecule has 1 N–H and O–H groups in total. The van der Waals surface area contributed by atoms with Gasteiger partial charge < -0.3 is 4.74 Å². The Bertz CT molecular complexity index is 633. The zero-order valence-corrected chi connectivity index (χ0v) is 13.8. The van der Waals surface area contributed by atoms with Gasteiger partial charge in [0.15, 0.2) is 11.7 Å². The van der Waals surface area contributed by atoms with Crippen LogP contribution in [-0.2, 0) is 17.6 Å². The number of hydrogen-bond donors (Lipinski definition) is 1. The molecular weight excluding hydrogens is 352 g/mol. The fraction of sp³-hybridized carbons (Fsp3) is 0.333. The number of thiazole rings is 1. The van der Waals surface area contributed by atoms with E-state index in [0.717, 1.165) is 23.0 Å². The quantitative estimate of drug-likeness (QED) is 0.894. The summed E-state index contributed by atoms with van der Waals surface area (Å²) < 4.78 is 6.33. The second kappa shape index (κ2) is 6.58. The second-order valence-corrected chi connectivity index (χ2v) is 6.80. The van der Waals surface area contributed by atoms with Crippen molar-refractivity contribution in [3.05, 3.63) is 39.3 Å². The zero-order chi connectivity index (χ0) is 14.7. The largest absolute Gasteiger partial charge is 0.483 e. The highest BCUT2D eigenvalue weighted by Gasteiger charge is 2.16. The number of benzene rings is 1. The number of aromatic nitrogens is 1. The smallest absolute Gasteiger partial charge is 0.264 e. The Hall–Kier alpha value is -1.40. The van der Waals surface area contributed by atoms with E-state index >= 15 is 0 Å². The van der Waals surface area contributed by atoms with Crippen molar-refractivity contribution in [3.63, 3.8) is 0 Å². The van der Waals surface area contributed by atoms with Crippen molar-refractivity contribution in [2.75, 3.05) is 11.9 Å². The molecule has 0 spiro atoms. The summed E-state index contributed by atoms with van der Waals surface area (Å²) in [5, 5.41) is 3.50. The molecule has 2 aromatic rings. The van der Waals surface area contributed by atoms with Gasteiger partial charge in [-0.15, -0.1) is 11.3 Å². The summed E-state index contributed by atoms with van der Waals surface area (Å²) in [7, 11) is 0. The Morgan fingerprint density at radius 1 is 1.33 bits per heavy atom. The summed E-state index contributed by atoms with van der Waals surface area (Å²) in [6.45, 7) is -0.0210. The van der Waals surface area contributed by atoms with Crippen LogP contribution in [0.2, 0.25) is 0 Å². The molecule has 0 saturated carbocycles. The first kappa shape index (κ1) is 14.5. The molecule has 1 aliphatic rings. The lowest BCUT2D eigenvalue weighted by Crippen LogP contribution is -2.20. The fourth-order valence-electron chi connectivity index (χ4n) is 2.27. The molecule has 0 radical (unpaired) electrons. The molecule has 1 heterocycles. The van der Waals surface area contributed by atoms with Crippen LogP contribution in [0.3, 0.4) is 0 Å². The van der Waals surface area contributed by atoms with Crippen LogP contribution >= 0.6 is 27.3 Å². The second-order valence-electron chi connectivity index (χ2n) is 4.86. The van der Waals surface area contributed by atoms with E-state index in [4.69, 9.17) is 4.74 Å². The molecule has 6 heteroatoms. The van der Waals surface area contributed by atoms with Crippen LogP contribution in [0, 0.1) is 0 Å². The minimum absolute atomic E-state index is 0.0210. The summed E-state index contributed by atoms with van der Waals surface area (Å²) >= 11 is 4.97. The predicted octanol–water partition coefficient (Wildman–Crippen LogP) is 3.80. The number of nitrogens with one attached hydrogen (secondary N) is 1. The summed E-state index contributed by atoms with van der Waals surface area (Å²) in [5.74, 6) is 0.475. The van der Waals surface area contributed by atoms with Crippen molar-refractivity contribution in [1.82, 2.24) is 4.98 Å². The molecule has 1 amide bonds. The highest BCUT2D eigenvalue weighted by molar-refractivity contribution is 9.10. The van der Waals surface area contributed by atoms with Gasteiger partial charge in [-0.25, -0.2) is 4.98 Å². The summed E-state index contributed by atoms with van der Waals surface area (Å²) in [4.78, 5) is 17.7. The van der Waals surface area contributed by atoms with E-state index in [1.807, 2.05) is 24.3 Å². The number of nitrogens with zero attached hydrogens (tertiary/aromatic N) is 1. The van der Waals surface area contributed by atoms with Crippen molar-refractivity contribution in [1.29, 1.82) is 0 Å². The van der Waals surface area contributed by atoms with Crippen LogP contribution in [0.15, 0.2) is 28.7 Å². The molecule has 1 aromatic carbocycles. The van der Waals surface area contributed by atoms with Crippen LogP contribution in [0.1, 0.15) is 23.4 Å². The molecule has 1 aliphatic carbocycles. The van der Waals surface area contributed by atoms with Crippen LogP contribution in [0.4, 0.5) is 5.13 Å². The number of anilines is 1. The maximum Gasteiger partial charge on any atom is 0.264 e. The van der Waals surface area contributed by atoms with Gasteiger partial charge in [-0.05, 0) is 53.7 Å². The summed E-state index contributed by atoms with van der Waals surface area (Å²) in [6.07, 6.45) is 4.51. The van der Waals surface area contributed by atoms with Crippen molar-refractivity contribution in [2.45, 2.75) is 25.7 Å². The first-order valence-corrected chi connectivity index (χ1v) is 8.49. The van der Waals surface area contributed by atoms with Crippen LogP contribution in [-0.4, -0.2) is 17.5 Å². The number of ether oxygens (including phenoxy) is 1. The Balaban J connectivity index is 1.57. The van der Waals surface area contributed by atoms with Gasteiger partial charge in [0.05, 0.1) is 10.2 Å². The van der Waals surface area contributed by atoms with Crippen molar-refractivity contribution in [3.8, 4) is 5.75 Å². The van der Waals surface area contributed by atoms with Gasteiger partial charge in [0.1, 0.15) is 5.75 Å². The number of carbonyl (C=O) groups excluding carboxylic acids is 1. The molecule has 0 aliphatic heterocycles. The maximum atomic E-state index is 11.9. The van der Waals surface area contributed by atoms with E-state index in [0.29, 0.717) is 10.9 Å². The summed E-state index contributed by atoms with van der Waals surface area (Å²) in [5.41, 5.74) is 1.15. The Kier molecular flexibility index (Phi) is 4.55. The number of hydrogen-bond acceptors (Lipinski definition) is 4. The molecule has 1 aromatic heterocycles. The molecule has 3 rings (SSSR count). The molecule has 0 bridgehead atoms. The highest BCUT2D eigenvalue weighted by Crippen LogP contribution is 2.29. The van der Waals surface area contributed by atoms with E-state index in [-0.39, 0.29) is 12.5 Å². The lowest BCUT2D eigenvalue weighted by molar-refractivity contribution is -0.118. The molecule has 4 nitrogen and oxygen atoms in total. The van der Waals surface area contributed by atoms with Gasteiger partial charge in [0.2, 0.25) is 0 Å². The number of rotatable bonds is 4. The molecule has 0 saturated heterocycles. The normalized spacial score (nSPS) is 13.6. The number of para-hydroxylation sites is 1. The highest BCUT2D eigenvalue weighted by atomic mass is 79.9. The van der Waals surface area contributed by atoms with E-state index < -0.39 is 0 Å². The third-order valence-corrected chi connectivity index (χ3v) is 5.02. The van der Waals surface area contributed by atoms with E-state index in [2.05, 4.69) is 26.2 Å². The first-order valence-electron chi connectivity index (χ1n) is 6.88. The fourth-order valence-corrected chi connectivity index (χ4v) is 3.73.